The Kier molecular flexibility index (Phi) is 7.68. The zero-order valence-corrected chi connectivity index (χ0v) is 15.4. The summed E-state index contributed by atoms with van der Waals surface area (Å²) in [5.74, 6) is -0.0779. The third kappa shape index (κ3) is 5.89. The molecule has 6 nitrogen and oxygen atoms in total. The summed E-state index contributed by atoms with van der Waals surface area (Å²) in [5, 5.41) is 8.15. The molecule has 0 aromatic carbocycles. The predicted molar refractivity (Wildman–Crippen MR) is 96.9 cm³/mol. The Labute approximate surface area is 148 Å². The van der Waals surface area contributed by atoms with Crippen LogP contribution in [-0.4, -0.2) is 67.4 Å². The van der Waals surface area contributed by atoms with Crippen molar-refractivity contribution in [1.82, 2.24) is 20.4 Å². The van der Waals surface area contributed by atoms with Crippen LogP contribution in [0.25, 0.3) is 0 Å². The number of hydrogen-bond donors (Lipinski definition) is 2. The topological polar surface area (TPSA) is 64.7 Å². The summed E-state index contributed by atoms with van der Waals surface area (Å²) in [6.07, 6.45) is 2.26. The lowest BCUT2D eigenvalue weighted by molar-refractivity contribution is -0.137. The molecule has 2 amide bonds. The summed E-state index contributed by atoms with van der Waals surface area (Å²) in [6, 6.07) is 4.41. The minimum Gasteiger partial charge on any atom is -0.350 e. The molecule has 1 fully saturated rings. The van der Waals surface area contributed by atoms with Crippen LogP contribution < -0.4 is 10.6 Å². The van der Waals surface area contributed by atoms with Gasteiger partial charge in [0.15, 0.2) is 0 Å². The van der Waals surface area contributed by atoms with Crippen molar-refractivity contribution in [3.8, 4) is 0 Å². The number of likely N-dealkylation sites (N-methyl/N-ethyl adjacent to an activating group) is 2. The molecule has 1 aliphatic heterocycles. The molecular weight excluding hydrogens is 324 g/mol. The van der Waals surface area contributed by atoms with Crippen molar-refractivity contribution >= 4 is 23.2 Å². The van der Waals surface area contributed by atoms with Gasteiger partial charge < -0.3 is 15.5 Å². The first kappa shape index (κ1) is 18.9. The number of nitrogens with zero attached hydrogens (tertiary/aromatic N) is 2. The lowest BCUT2D eigenvalue weighted by Crippen LogP contribution is -2.50. The summed E-state index contributed by atoms with van der Waals surface area (Å²) in [6.45, 7) is 5.36. The number of hydrogen-bond acceptors (Lipinski definition) is 5. The van der Waals surface area contributed by atoms with Gasteiger partial charge in [-0.15, -0.1) is 11.3 Å². The average Bonchev–Trinajstić information content (AvgIpc) is 3.11. The van der Waals surface area contributed by atoms with E-state index in [2.05, 4.69) is 15.5 Å². The summed E-state index contributed by atoms with van der Waals surface area (Å²) < 4.78 is 0. The van der Waals surface area contributed by atoms with E-state index in [1.54, 1.807) is 16.2 Å². The monoisotopic (exact) mass is 352 g/mol. The van der Waals surface area contributed by atoms with E-state index in [0.717, 1.165) is 30.8 Å². The Morgan fingerprint density at radius 3 is 2.96 bits per heavy atom. The van der Waals surface area contributed by atoms with Gasteiger partial charge in [-0.05, 0) is 44.8 Å². The highest BCUT2D eigenvalue weighted by Crippen LogP contribution is 2.10. The van der Waals surface area contributed by atoms with E-state index >= 15 is 0 Å². The van der Waals surface area contributed by atoms with Gasteiger partial charge in [0.1, 0.15) is 0 Å². The highest BCUT2D eigenvalue weighted by atomic mass is 32.1. The van der Waals surface area contributed by atoms with Gasteiger partial charge in [0.05, 0.1) is 19.6 Å². The Bertz CT molecular complexity index is 521. The van der Waals surface area contributed by atoms with E-state index in [1.807, 2.05) is 31.5 Å². The molecule has 7 heteroatoms. The van der Waals surface area contributed by atoms with Gasteiger partial charge in [-0.2, -0.15) is 0 Å². The first-order valence-corrected chi connectivity index (χ1v) is 9.46. The van der Waals surface area contributed by atoms with Crippen molar-refractivity contribution in [3.05, 3.63) is 22.4 Å². The van der Waals surface area contributed by atoms with Crippen molar-refractivity contribution in [1.29, 1.82) is 0 Å². The second-order valence-corrected chi connectivity index (χ2v) is 7.16. The Morgan fingerprint density at radius 1 is 1.46 bits per heavy atom. The van der Waals surface area contributed by atoms with Crippen LogP contribution in [0.1, 0.15) is 24.6 Å². The first-order chi connectivity index (χ1) is 11.6. The second-order valence-electron chi connectivity index (χ2n) is 6.13. The van der Waals surface area contributed by atoms with Crippen LogP contribution in [0, 0.1) is 0 Å². The lowest BCUT2D eigenvalue weighted by Gasteiger charge is -2.33. The predicted octanol–water partition coefficient (Wildman–Crippen LogP) is 0.897. The lowest BCUT2D eigenvalue weighted by atomic mass is 10.1. The molecule has 2 N–H and O–H groups in total. The fourth-order valence-corrected chi connectivity index (χ4v) is 3.58. The van der Waals surface area contributed by atoms with E-state index in [0.29, 0.717) is 25.7 Å². The van der Waals surface area contributed by atoms with Crippen LogP contribution in [0.3, 0.4) is 0 Å². The van der Waals surface area contributed by atoms with Crippen LogP contribution >= 0.6 is 11.3 Å². The van der Waals surface area contributed by atoms with Crippen molar-refractivity contribution in [2.45, 2.75) is 32.4 Å². The minimum atomic E-state index is -0.106. The van der Waals surface area contributed by atoms with Gasteiger partial charge >= 0.3 is 0 Å². The third-order valence-electron chi connectivity index (χ3n) is 4.38. The smallest absolute Gasteiger partial charge is 0.239 e. The largest absolute Gasteiger partial charge is 0.350 e. The molecule has 24 heavy (non-hydrogen) atoms. The van der Waals surface area contributed by atoms with E-state index in [1.165, 1.54) is 0 Å². The fourth-order valence-electron chi connectivity index (χ4n) is 2.93. The Balaban J connectivity index is 1.76. The average molecular weight is 353 g/mol. The molecule has 1 unspecified atom stereocenters. The van der Waals surface area contributed by atoms with E-state index in [4.69, 9.17) is 0 Å². The quantitative estimate of drug-likeness (QED) is 0.730. The number of piperidine rings is 1. The van der Waals surface area contributed by atoms with Crippen LogP contribution in [0.2, 0.25) is 0 Å². The number of amides is 2. The fraction of sp³-hybridized carbons (Fsp3) is 0.647. The number of carbonyl (C=O) groups is 2. The van der Waals surface area contributed by atoms with Crippen LogP contribution in [0.5, 0.6) is 0 Å². The molecule has 2 heterocycles. The summed E-state index contributed by atoms with van der Waals surface area (Å²) >= 11 is 1.61. The number of likely N-dealkylation sites (tertiary alicyclic amines) is 1. The van der Waals surface area contributed by atoms with E-state index in [9.17, 15) is 9.59 Å². The van der Waals surface area contributed by atoms with Gasteiger partial charge in [0.2, 0.25) is 11.8 Å². The molecule has 134 valence electrons. The van der Waals surface area contributed by atoms with Crippen molar-refractivity contribution in [2.24, 2.45) is 0 Å². The molecule has 2 rings (SSSR count). The van der Waals surface area contributed by atoms with Crippen LogP contribution in [0.4, 0.5) is 0 Å². The highest BCUT2D eigenvalue weighted by Gasteiger charge is 2.23. The van der Waals surface area contributed by atoms with Gasteiger partial charge in [-0.3, -0.25) is 14.5 Å². The van der Waals surface area contributed by atoms with Crippen molar-refractivity contribution in [3.63, 3.8) is 0 Å². The van der Waals surface area contributed by atoms with Gasteiger partial charge in [0.25, 0.3) is 0 Å². The zero-order chi connectivity index (χ0) is 17.4. The SMILES string of the molecule is CCN(CC(=O)NCc1cccs1)C(=O)CN1CCCC(NC)C1. The molecule has 1 aromatic rings. The number of thiophene rings is 1. The highest BCUT2D eigenvalue weighted by molar-refractivity contribution is 7.09. The molecule has 1 aliphatic rings. The summed E-state index contributed by atoms with van der Waals surface area (Å²) in [4.78, 5) is 29.5. The summed E-state index contributed by atoms with van der Waals surface area (Å²) in [7, 11) is 1.96. The van der Waals surface area contributed by atoms with Crippen molar-refractivity contribution < 1.29 is 9.59 Å². The van der Waals surface area contributed by atoms with E-state index < -0.39 is 0 Å². The minimum absolute atomic E-state index is 0.0283. The number of rotatable bonds is 8. The Hall–Kier alpha value is -1.44. The number of nitrogens with one attached hydrogen (secondary N) is 2. The molecule has 1 aromatic heterocycles. The third-order valence-corrected chi connectivity index (χ3v) is 5.26. The normalized spacial score (nSPS) is 18.3. The van der Waals surface area contributed by atoms with Crippen LogP contribution in [-0.2, 0) is 16.1 Å². The molecule has 0 bridgehead atoms. The molecule has 1 atom stereocenters. The van der Waals surface area contributed by atoms with Gasteiger partial charge in [-0.25, -0.2) is 0 Å². The molecule has 0 radical (unpaired) electrons. The van der Waals surface area contributed by atoms with Gasteiger partial charge in [-0.1, -0.05) is 6.07 Å². The molecule has 0 aliphatic carbocycles. The molecule has 0 spiro atoms. The van der Waals surface area contributed by atoms with Gasteiger partial charge in [0, 0.05) is 24.0 Å². The maximum Gasteiger partial charge on any atom is 0.239 e. The Morgan fingerprint density at radius 2 is 2.29 bits per heavy atom. The first-order valence-electron chi connectivity index (χ1n) is 8.58. The molecule has 0 saturated carbocycles. The maximum atomic E-state index is 12.5. The summed E-state index contributed by atoms with van der Waals surface area (Å²) in [5.41, 5.74) is 0. The molecule has 1 saturated heterocycles. The zero-order valence-electron chi connectivity index (χ0n) is 14.6. The maximum absolute atomic E-state index is 12.5. The van der Waals surface area contributed by atoms with Crippen molar-refractivity contribution in [2.75, 3.05) is 39.8 Å². The van der Waals surface area contributed by atoms with Crippen LogP contribution in [0.15, 0.2) is 17.5 Å². The van der Waals surface area contributed by atoms with E-state index in [-0.39, 0.29) is 18.4 Å². The molecular formula is C17H28N4O2S. The second kappa shape index (κ2) is 9.76. The number of carbonyl (C=O) groups excluding carboxylic acids is 2. The standard InChI is InChI=1S/C17H28N4O2S/c1-3-21(12-16(22)19-10-15-7-5-9-24-15)17(23)13-20-8-4-6-14(11-20)18-2/h5,7,9,14,18H,3-4,6,8,10-13H2,1-2H3,(H,19,22).